The Morgan fingerprint density at radius 3 is 2.48 bits per heavy atom. The van der Waals surface area contributed by atoms with E-state index in [4.69, 9.17) is 9.47 Å². The topological polar surface area (TPSA) is 64.8 Å². The van der Waals surface area contributed by atoms with Gasteiger partial charge in [-0.25, -0.2) is 4.58 Å². The van der Waals surface area contributed by atoms with Crippen LogP contribution in [-0.2, 0) is 12.8 Å². The molecule has 1 heterocycles. The molecule has 134 valence electrons. The van der Waals surface area contributed by atoms with E-state index in [9.17, 15) is 10.2 Å². The van der Waals surface area contributed by atoms with E-state index in [1.807, 2.05) is 19.2 Å². The molecule has 5 nitrogen and oxygen atoms in total. The number of methoxy groups -OCH3 is 2. The van der Waals surface area contributed by atoms with Gasteiger partial charge in [0.1, 0.15) is 19.3 Å². The fourth-order valence-electron chi connectivity index (χ4n) is 3.13. The van der Waals surface area contributed by atoms with Gasteiger partial charge in [-0.15, -0.1) is 24.0 Å². The molecule has 0 bridgehead atoms. The molecule has 0 aliphatic carbocycles. The zero-order valence-corrected chi connectivity index (χ0v) is 16.9. The number of ether oxygens (including phenoxy) is 2. The van der Waals surface area contributed by atoms with E-state index in [0.717, 1.165) is 35.4 Å². The fourth-order valence-corrected chi connectivity index (χ4v) is 3.13. The third kappa shape index (κ3) is 3.84. The van der Waals surface area contributed by atoms with Crippen molar-refractivity contribution in [2.24, 2.45) is 0 Å². The van der Waals surface area contributed by atoms with Crippen molar-refractivity contribution >= 4 is 29.7 Å². The Kier molecular flexibility index (Phi) is 6.16. The highest BCUT2D eigenvalue weighted by molar-refractivity contribution is 14.0. The molecule has 0 fully saturated rings. The van der Waals surface area contributed by atoms with Crippen molar-refractivity contribution in [2.45, 2.75) is 12.8 Å². The average Bonchev–Trinajstić information content (AvgIpc) is 2.57. The lowest BCUT2D eigenvalue weighted by Gasteiger charge is -2.21. The highest BCUT2D eigenvalue weighted by atomic mass is 127. The van der Waals surface area contributed by atoms with Gasteiger partial charge in [0.05, 0.1) is 20.6 Å². The summed E-state index contributed by atoms with van der Waals surface area (Å²) in [7, 11) is 5.07. The van der Waals surface area contributed by atoms with Crippen LogP contribution in [0.5, 0.6) is 23.0 Å². The van der Waals surface area contributed by atoms with Crippen LogP contribution in [0.1, 0.15) is 16.7 Å². The number of benzene rings is 2. The molecule has 0 aromatic heterocycles. The molecule has 0 amide bonds. The summed E-state index contributed by atoms with van der Waals surface area (Å²) >= 11 is 0. The minimum Gasteiger partial charge on any atom is -0.870 e. The van der Waals surface area contributed by atoms with Crippen molar-refractivity contribution in [2.75, 3.05) is 27.8 Å². The summed E-state index contributed by atoms with van der Waals surface area (Å²) in [4.78, 5) is 0. The summed E-state index contributed by atoms with van der Waals surface area (Å²) < 4.78 is 12.4. The van der Waals surface area contributed by atoms with Gasteiger partial charge in [-0.05, 0) is 29.3 Å². The first-order valence-electron chi connectivity index (χ1n) is 7.84. The van der Waals surface area contributed by atoms with Crippen LogP contribution in [0, 0.1) is 0 Å². The molecule has 1 N–H and O–H groups in total. The maximum atomic E-state index is 12.2. The zero-order chi connectivity index (χ0) is 17.3. The molecule has 0 saturated heterocycles. The molecule has 2 aromatic rings. The normalized spacial score (nSPS) is 13.1. The third-order valence-electron chi connectivity index (χ3n) is 4.49. The van der Waals surface area contributed by atoms with Gasteiger partial charge in [-0.1, -0.05) is 17.9 Å². The predicted molar refractivity (Wildman–Crippen MR) is 105 cm³/mol. The number of hydrogen-bond donors (Lipinski definition) is 1. The first-order chi connectivity index (χ1) is 11.5. The molecule has 3 rings (SSSR count). The van der Waals surface area contributed by atoms with Crippen molar-refractivity contribution in [1.82, 2.24) is 0 Å². The number of halogens is 1. The number of hydrogen-bond acceptors (Lipinski definition) is 4. The Bertz CT molecular complexity index is 817. The maximum Gasteiger partial charge on any atom is 0.187 e. The Labute approximate surface area is 164 Å². The van der Waals surface area contributed by atoms with Crippen molar-refractivity contribution in [3.8, 4) is 23.0 Å². The van der Waals surface area contributed by atoms with Crippen molar-refractivity contribution < 1.29 is 24.3 Å². The van der Waals surface area contributed by atoms with Gasteiger partial charge in [0, 0.05) is 12.0 Å². The number of phenols is 1. The lowest BCUT2D eigenvalue weighted by Crippen LogP contribution is -2.29. The smallest absolute Gasteiger partial charge is 0.187 e. The van der Waals surface area contributed by atoms with Crippen molar-refractivity contribution in [1.29, 1.82) is 0 Å². The number of phenolic OH excluding ortho intramolecular Hbond substituents is 1. The zero-order valence-electron chi connectivity index (χ0n) is 14.5. The molecular weight excluding hydrogens is 433 g/mol. The molecule has 0 saturated carbocycles. The molecule has 0 spiro atoms. The van der Waals surface area contributed by atoms with Gasteiger partial charge in [-0.3, -0.25) is 0 Å². The second kappa shape index (κ2) is 7.95. The van der Waals surface area contributed by atoms with Crippen LogP contribution in [0.4, 0.5) is 0 Å². The predicted octanol–water partition coefficient (Wildman–Crippen LogP) is 2.33. The van der Waals surface area contributed by atoms with Crippen LogP contribution in [0.15, 0.2) is 30.3 Å². The third-order valence-corrected chi connectivity index (χ3v) is 4.49. The Morgan fingerprint density at radius 2 is 1.84 bits per heavy atom. The first-order valence-corrected chi connectivity index (χ1v) is 7.84. The standard InChI is InChI=1S/C19H21NO4.HI/c1-20-7-6-13-10-19(24-3)17(22)11-14(13)15(20)8-12-4-5-18(23-2)16(21)9-12;/h4-5,9-11H,6-8H2,1-3H3,(H-,21,22);1H. The second-order valence-corrected chi connectivity index (χ2v) is 5.96. The van der Waals surface area contributed by atoms with E-state index in [2.05, 4.69) is 4.58 Å². The summed E-state index contributed by atoms with van der Waals surface area (Å²) in [6.07, 6.45) is 1.51. The molecule has 2 aromatic carbocycles. The maximum absolute atomic E-state index is 12.2. The summed E-state index contributed by atoms with van der Waals surface area (Å²) in [5.74, 6) is 0.850. The molecule has 25 heavy (non-hydrogen) atoms. The molecule has 0 atom stereocenters. The largest absolute Gasteiger partial charge is 0.870 e. The van der Waals surface area contributed by atoms with Gasteiger partial charge >= 0.3 is 0 Å². The SMILES string of the molecule is COc1cc2c(cc1[O-])C(Cc1ccc(OC)c(O)c1)=[N+](C)CC2.I. The van der Waals surface area contributed by atoms with E-state index in [1.54, 1.807) is 18.2 Å². The molecule has 0 radical (unpaired) electrons. The van der Waals surface area contributed by atoms with Crippen LogP contribution >= 0.6 is 24.0 Å². The Hall–Kier alpha value is -1.96. The van der Waals surface area contributed by atoms with E-state index >= 15 is 0 Å². The molecule has 0 unspecified atom stereocenters. The summed E-state index contributed by atoms with van der Waals surface area (Å²) in [6, 6.07) is 8.88. The number of nitrogens with zero attached hydrogens (tertiary/aromatic N) is 1. The van der Waals surface area contributed by atoms with Crippen LogP contribution in [0.2, 0.25) is 0 Å². The summed E-state index contributed by atoms with van der Waals surface area (Å²) in [5, 5.41) is 22.1. The number of aromatic hydroxyl groups is 1. The molecule has 1 aliphatic heterocycles. The number of rotatable bonds is 4. The Balaban J connectivity index is 0.00000225. The first kappa shape index (κ1) is 19.4. The molecule has 6 heteroatoms. The lowest BCUT2D eigenvalue weighted by atomic mass is 9.92. The highest BCUT2D eigenvalue weighted by Gasteiger charge is 2.24. The quantitative estimate of drug-likeness (QED) is 0.568. The monoisotopic (exact) mass is 455 g/mol. The molecule has 1 aliphatic rings. The van der Waals surface area contributed by atoms with E-state index in [1.165, 1.54) is 14.2 Å². The van der Waals surface area contributed by atoms with Crippen LogP contribution < -0.4 is 14.6 Å². The minimum atomic E-state index is -0.110. The van der Waals surface area contributed by atoms with Gasteiger partial charge in [0.15, 0.2) is 17.2 Å². The van der Waals surface area contributed by atoms with Crippen LogP contribution in [-0.4, -0.2) is 43.2 Å². The average molecular weight is 455 g/mol. The molecular formula is C19H22INO4. The van der Waals surface area contributed by atoms with Crippen molar-refractivity contribution in [3.63, 3.8) is 0 Å². The lowest BCUT2D eigenvalue weighted by molar-refractivity contribution is -0.498. The second-order valence-electron chi connectivity index (χ2n) is 5.96. The van der Waals surface area contributed by atoms with Crippen LogP contribution in [0.3, 0.4) is 0 Å². The summed E-state index contributed by atoms with van der Waals surface area (Å²) in [6.45, 7) is 0.881. The number of fused-ring (bicyclic) bond motifs is 1. The van der Waals surface area contributed by atoms with Gasteiger partial charge in [0.2, 0.25) is 0 Å². The van der Waals surface area contributed by atoms with E-state index < -0.39 is 0 Å². The fraction of sp³-hybridized carbons (Fsp3) is 0.316. The van der Waals surface area contributed by atoms with E-state index in [0.29, 0.717) is 17.9 Å². The van der Waals surface area contributed by atoms with Gasteiger partial charge < -0.3 is 19.7 Å². The summed E-state index contributed by atoms with van der Waals surface area (Å²) in [5.41, 5.74) is 4.12. The highest BCUT2D eigenvalue weighted by Crippen LogP contribution is 2.31. The minimum absolute atomic E-state index is 0. The van der Waals surface area contributed by atoms with Crippen LogP contribution in [0.25, 0.3) is 0 Å². The number of likely N-dealkylation sites (N-methyl/N-ethyl adjacent to an activating group) is 1. The van der Waals surface area contributed by atoms with E-state index in [-0.39, 0.29) is 35.5 Å². The van der Waals surface area contributed by atoms with Crippen molar-refractivity contribution in [3.05, 3.63) is 47.0 Å². The van der Waals surface area contributed by atoms with Gasteiger partial charge in [-0.2, -0.15) is 0 Å². The van der Waals surface area contributed by atoms with Gasteiger partial charge in [0.25, 0.3) is 0 Å². The Morgan fingerprint density at radius 1 is 1.12 bits per heavy atom.